The number of nitrogens with one attached hydrogen (secondary N) is 1. The number of hydrogen-bond donors (Lipinski definition) is 1. The molecule has 0 spiro atoms. The summed E-state index contributed by atoms with van der Waals surface area (Å²) in [6, 6.07) is 10.3. The summed E-state index contributed by atoms with van der Waals surface area (Å²) in [5.74, 6) is 2.56. The van der Waals surface area contributed by atoms with Crippen LogP contribution in [0.15, 0.2) is 40.5 Å². The lowest BCUT2D eigenvalue weighted by Crippen LogP contribution is -2.37. The van der Waals surface area contributed by atoms with Gasteiger partial charge in [-0.05, 0) is 24.2 Å². The Morgan fingerprint density at radius 2 is 1.96 bits per heavy atom. The van der Waals surface area contributed by atoms with Gasteiger partial charge in [0.1, 0.15) is 5.82 Å². The third-order valence-electron chi connectivity index (χ3n) is 4.06. The molecule has 148 valence electrons. The van der Waals surface area contributed by atoms with Crippen LogP contribution >= 0.6 is 11.8 Å². The molecule has 0 radical (unpaired) electrons. The molecule has 2 rings (SSSR count). The van der Waals surface area contributed by atoms with Crippen molar-refractivity contribution in [2.75, 3.05) is 26.9 Å². The second-order valence-corrected chi connectivity index (χ2v) is 7.93. The third kappa shape index (κ3) is 6.90. The van der Waals surface area contributed by atoms with E-state index in [-0.39, 0.29) is 0 Å². The summed E-state index contributed by atoms with van der Waals surface area (Å²) in [6.07, 6.45) is 3.95. The lowest BCUT2D eigenvalue weighted by molar-refractivity contribution is 0.476. The van der Waals surface area contributed by atoms with Gasteiger partial charge in [-0.1, -0.05) is 55.9 Å². The minimum Gasteiger partial charge on any atom is -0.356 e. The van der Waals surface area contributed by atoms with Crippen LogP contribution in [0.4, 0.5) is 0 Å². The maximum Gasteiger partial charge on any atom is 0.193 e. The normalized spacial score (nSPS) is 11.9. The van der Waals surface area contributed by atoms with Gasteiger partial charge in [-0.25, -0.2) is 4.99 Å². The predicted molar refractivity (Wildman–Crippen MR) is 114 cm³/mol. The van der Waals surface area contributed by atoms with Crippen LogP contribution in [0.1, 0.15) is 31.7 Å². The van der Waals surface area contributed by atoms with Crippen molar-refractivity contribution in [3.05, 3.63) is 41.7 Å². The molecule has 0 aliphatic carbocycles. The quantitative estimate of drug-likeness (QED) is 0.309. The van der Waals surface area contributed by atoms with Crippen molar-refractivity contribution < 1.29 is 0 Å². The summed E-state index contributed by atoms with van der Waals surface area (Å²) in [5.41, 5.74) is 1.21. The van der Waals surface area contributed by atoms with E-state index in [1.807, 2.05) is 37.2 Å². The Bertz CT molecular complexity index is 709. The SMILES string of the molecule is CSc1nnc(CCCNC(=NCc2ccccc2)N(C)C)n1CC(C)C. The maximum absolute atomic E-state index is 4.71. The van der Waals surface area contributed by atoms with Crippen LogP contribution in [0.5, 0.6) is 0 Å². The second kappa shape index (κ2) is 11.0. The standard InChI is InChI=1S/C20H32N6S/c1-16(2)15-26-18(23-24-20(26)27-5)12-9-13-21-19(25(3)4)22-14-17-10-7-6-8-11-17/h6-8,10-11,16H,9,12-15H2,1-5H3,(H,21,22). The van der Waals surface area contributed by atoms with Gasteiger partial charge in [0.05, 0.1) is 6.54 Å². The van der Waals surface area contributed by atoms with E-state index < -0.39 is 0 Å². The average Bonchev–Trinajstić information content (AvgIpc) is 3.02. The van der Waals surface area contributed by atoms with Gasteiger partial charge < -0.3 is 14.8 Å². The molecule has 0 atom stereocenters. The van der Waals surface area contributed by atoms with E-state index in [1.165, 1.54) is 5.56 Å². The average molecular weight is 389 g/mol. The fourth-order valence-corrected chi connectivity index (χ4v) is 3.28. The van der Waals surface area contributed by atoms with Gasteiger partial charge in [0.2, 0.25) is 0 Å². The molecule has 0 fully saturated rings. The van der Waals surface area contributed by atoms with Crippen LogP contribution in [-0.2, 0) is 19.5 Å². The zero-order chi connectivity index (χ0) is 19.6. The molecule has 6 nitrogen and oxygen atoms in total. The van der Waals surface area contributed by atoms with Crippen molar-refractivity contribution in [1.82, 2.24) is 25.0 Å². The highest BCUT2D eigenvalue weighted by Crippen LogP contribution is 2.16. The summed E-state index contributed by atoms with van der Waals surface area (Å²) < 4.78 is 2.26. The fraction of sp³-hybridized carbons (Fsp3) is 0.550. The summed E-state index contributed by atoms with van der Waals surface area (Å²) in [5, 5.41) is 13.2. The van der Waals surface area contributed by atoms with Gasteiger partial charge >= 0.3 is 0 Å². The van der Waals surface area contributed by atoms with Crippen LogP contribution < -0.4 is 5.32 Å². The zero-order valence-corrected chi connectivity index (χ0v) is 18.0. The Morgan fingerprint density at radius 1 is 1.22 bits per heavy atom. The largest absolute Gasteiger partial charge is 0.356 e. The lowest BCUT2D eigenvalue weighted by atomic mass is 10.2. The molecular formula is C20H32N6S. The monoisotopic (exact) mass is 388 g/mol. The van der Waals surface area contributed by atoms with E-state index in [0.29, 0.717) is 12.5 Å². The molecule has 2 aromatic rings. The summed E-state index contributed by atoms with van der Waals surface area (Å²) in [6.45, 7) is 6.95. The number of aryl methyl sites for hydroxylation is 1. The molecule has 1 N–H and O–H groups in total. The highest BCUT2D eigenvalue weighted by Gasteiger charge is 2.12. The van der Waals surface area contributed by atoms with Gasteiger partial charge in [0.25, 0.3) is 0 Å². The molecule has 0 aliphatic rings. The molecule has 0 saturated carbocycles. The van der Waals surface area contributed by atoms with Crippen molar-refractivity contribution >= 4 is 17.7 Å². The number of aliphatic imine (C=N–C) groups is 1. The molecule has 0 aliphatic heterocycles. The molecule has 0 amide bonds. The number of rotatable bonds is 9. The Kier molecular flexibility index (Phi) is 8.64. The van der Waals surface area contributed by atoms with Crippen molar-refractivity contribution in [2.45, 2.75) is 44.9 Å². The van der Waals surface area contributed by atoms with Gasteiger partial charge in [-0.2, -0.15) is 0 Å². The number of aromatic nitrogens is 3. The number of thioether (sulfide) groups is 1. The van der Waals surface area contributed by atoms with Gasteiger partial charge in [-0.15, -0.1) is 10.2 Å². The van der Waals surface area contributed by atoms with Crippen LogP contribution in [0.25, 0.3) is 0 Å². The molecule has 0 saturated heterocycles. The van der Waals surface area contributed by atoms with Crippen molar-refractivity contribution in [2.24, 2.45) is 10.9 Å². The highest BCUT2D eigenvalue weighted by atomic mass is 32.2. The van der Waals surface area contributed by atoms with Crippen LogP contribution in [0.3, 0.4) is 0 Å². The lowest BCUT2D eigenvalue weighted by Gasteiger charge is -2.18. The Balaban J connectivity index is 1.88. The van der Waals surface area contributed by atoms with Gasteiger partial charge in [0.15, 0.2) is 11.1 Å². The van der Waals surface area contributed by atoms with E-state index in [9.17, 15) is 0 Å². The van der Waals surface area contributed by atoms with Crippen molar-refractivity contribution in [3.63, 3.8) is 0 Å². The maximum atomic E-state index is 4.71. The molecule has 1 heterocycles. The third-order valence-corrected chi connectivity index (χ3v) is 4.73. The molecule has 1 aromatic carbocycles. The minimum absolute atomic E-state index is 0.578. The van der Waals surface area contributed by atoms with E-state index in [2.05, 4.69) is 52.3 Å². The predicted octanol–water partition coefficient (Wildman–Crippen LogP) is 3.30. The first-order valence-electron chi connectivity index (χ1n) is 9.47. The van der Waals surface area contributed by atoms with Crippen molar-refractivity contribution in [1.29, 1.82) is 0 Å². The van der Waals surface area contributed by atoms with Crippen LogP contribution in [0, 0.1) is 5.92 Å². The Labute approximate surface area is 167 Å². The van der Waals surface area contributed by atoms with Gasteiger partial charge in [0, 0.05) is 33.6 Å². The first-order valence-corrected chi connectivity index (χ1v) is 10.7. The van der Waals surface area contributed by atoms with E-state index in [4.69, 9.17) is 4.99 Å². The molecule has 7 heteroatoms. The molecule has 0 bridgehead atoms. The molecule has 1 aromatic heterocycles. The fourth-order valence-electron chi connectivity index (χ4n) is 2.76. The highest BCUT2D eigenvalue weighted by molar-refractivity contribution is 7.98. The zero-order valence-electron chi connectivity index (χ0n) is 17.1. The van der Waals surface area contributed by atoms with E-state index >= 15 is 0 Å². The topological polar surface area (TPSA) is 58.3 Å². The number of guanidine groups is 1. The first kappa shape index (κ1) is 21.3. The summed E-state index contributed by atoms with van der Waals surface area (Å²) >= 11 is 1.66. The Hall–Kier alpha value is -2.02. The molecular weight excluding hydrogens is 356 g/mol. The minimum atomic E-state index is 0.578. The van der Waals surface area contributed by atoms with Crippen LogP contribution in [-0.4, -0.2) is 52.5 Å². The smallest absolute Gasteiger partial charge is 0.193 e. The van der Waals surface area contributed by atoms with Crippen molar-refractivity contribution in [3.8, 4) is 0 Å². The number of benzene rings is 1. The summed E-state index contributed by atoms with van der Waals surface area (Å²) in [7, 11) is 4.03. The number of nitrogens with zero attached hydrogens (tertiary/aromatic N) is 5. The van der Waals surface area contributed by atoms with Gasteiger partial charge in [-0.3, -0.25) is 0 Å². The first-order chi connectivity index (χ1) is 13.0. The molecule has 0 unspecified atom stereocenters. The van der Waals surface area contributed by atoms with E-state index in [0.717, 1.165) is 42.9 Å². The number of hydrogen-bond acceptors (Lipinski definition) is 4. The second-order valence-electron chi connectivity index (χ2n) is 7.16. The summed E-state index contributed by atoms with van der Waals surface area (Å²) in [4.78, 5) is 6.73. The molecule has 27 heavy (non-hydrogen) atoms. The Morgan fingerprint density at radius 3 is 2.59 bits per heavy atom. The van der Waals surface area contributed by atoms with E-state index in [1.54, 1.807) is 11.8 Å². The van der Waals surface area contributed by atoms with Crippen LogP contribution in [0.2, 0.25) is 0 Å².